The molecule has 0 bridgehead atoms. The van der Waals surface area contributed by atoms with Crippen LogP contribution in [-0.2, 0) is 4.79 Å². The van der Waals surface area contributed by atoms with Crippen LogP contribution in [-0.4, -0.2) is 10.9 Å². The number of carbonyl (C=O) groups excluding carboxylic acids is 1. The Bertz CT molecular complexity index is 625. The van der Waals surface area contributed by atoms with E-state index in [-0.39, 0.29) is 11.5 Å². The summed E-state index contributed by atoms with van der Waals surface area (Å²) in [5, 5.41) is 10.0. The minimum atomic E-state index is -0.0419. The van der Waals surface area contributed by atoms with E-state index in [0.717, 1.165) is 16.7 Å². The molecule has 0 saturated carbocycles. The van der Waals surface area contributed by atoms with Gasteiger partial charge >= 0.3 is 0 Å². The number of benzene rings is 2. The van der Waals surface area contributed by atoms with Crippen molar-refractivity contribution in [1.29, 1.82) is 0 Å². The molecule has 0 radical (unpaired) electrons. The molecular formula is C17H16O2. The lowest BCUT2D eigenvalue weighted by molar-refractivity contribution is -0.112. The lowest BCUT2D eigenvalue weighted by Gasteiger charge is -2.11. The summed E-state index contributed by atoms with van der Waals surface area (Å²) in [6.45, 7) is 3.47. The van der Waals surface area contributed by atoms with Crippen molar-refractivity contribution in [1.82, 2.24) is 0 Å². The van der Waals surface area contributed by atoms with E-state index >= 15 is 0 Å². The first-order valence-electron chi connectivity index (χ1n) is 6.15. The monoisotopic (exact) mass is 252 g/mol. The number of phenolic OH excluding ortho intramolecular Hbond substituents is 1. The normalized spacial score (nSPS) is 11.4. The van der Waals surface area contributed by atoms with Gasteiger partial charge in [0.05, 0.1) is 0 Å². The predicted molar refractivity (Wildman–Crippen MR) is 77.0 cm³/mol. The van der Waals surface area contributed by atoms with Crippen LogP contribution in [0.2, 0.25) is 0 Å². The maximum Gasteiger partial charge on any atom is 0.153 e. The van der Waals surface area contributed by atoms with Gasteiger partial charge in [0.1, 0.15) is 5.75 Å². The summed E-state index contributed by atoms with van der Waals surface area (Å²) in [5.41, 5.74) is 3.38. The van der Waals surface area contributed by atoms with E-state index in [1.807, 2.05) is 49.4 Å². The molecule has 0 heterocycles. The van der Waals surface area contributed by atoms with Gasteiger partial charge in [-0.05, 0) is 43.2 Å². The third kappa shape index (κ3) is 3.10. The molecule has 2 rings (SSSR count). The Morgan fingerprint density at radius 1 is 1.11 bits per heavy atom. The summed E-state index contributed by atoms with van der Waals surface area (Å²) in [5.74, 6) is 0.140. The quantitative estimate of drug-likeness (QED) is 0.845. The minimum absolute atomic E-state index is 0.0419. The first-order chi connectivity index (χ1) is 9.08. The van der Waals surface area contributed by atoms with E-state index in [9.17, 15) is 9.90 Å². The molecule has 2 aromatic carbocycles. The average molecular weight is 252 g/mol. The van der Waals surface area contributed by atoms with Crippen LogP contribution >= 0.6 is 0 Å². The summed E-state index contributed by atoms with van der Waals surface area (Å²) >= 11 is 0. The van der Waals surface area contributed by atoms with E-state index in [4.69, 9.17) is 0 Å². The van der Waals surface area contributed by atoms with E-state index in [0.29, 0.717) is 5.56 Å². The molecule has 0 saturated heterocycles. The van der Waals surface area contributed by atoms with Gasteiger partial charge < -0.3 is 5.11 Å². The van der Waals surface area contributed by atoms with Crippen LogP contribution in [0.3, 0.4) is 0 Å². The first kappa shape index (κ1) is 13.1. The van der Waals surface area contributed by atoms with Crippen LogP contribution in [0, 0.1) is 6.92 Å². The van der Waals surface area contributed by atoms with Gasteiger partial charge in [0.25, 0.3) is 0 Å². The van der Waals surface area contributed by atoms with Gasteiger partial charge in [-0.3, -0.25) is 4.79 Å². The molecule has 0 atom stereocenters. The molecule has 0 amide bonds. The molecule has 19 heavy (non-hydrogen) atoms. The van der Waals surface area contributed by atoms with E-state index in [1.165, 1.54) is 6.92 Å². The summed E-state index contributed by atoms with van der Waals surface area (Å²) in [7, 11) is 0. The summed E-state index contributed by atoms with van der Waals surface area (Å²) in [6, 6.07) is 15.0. The van der Waals surface area contributed by atoms with E-state index in [1.54, 1.807) is 12.1 Å². The van der Waals surface area contributed by atoms with E-state index in [2.05, 4.69) is 0 Å². The second kappa shape index (κ2) is 5.53. The highest BCUT2D eigenvalue weighted by Crippen LogP contribution is 2.31. The maximum absolute atomic E-state index is 11.4. The third-order valence-corrected chi connectivity index (χ3v) is 2.87. The van der Waals surface area contributed by atoms with Crippen molar-refractivity contribution in [2.24, 2.45) is 0 Å². The van der Waals surface area contributed by atoms with Crippen molar-refractivity contribution in [2.45, 2.75) is 13.8 Å². The first-order valence-corrected chi connectivity index (χ1v) is 6.15. The highest BCUT2D eigenvalue weighted by atomic mass is 16.3. The summed E-state index contributed by atoms with van der Waals surface area (Å²) in [4.78, 5) is 11.4. The Morgan fingerprint density at radius 3 is 2.42 bits per heavy atom. The van der Waals surface area contributed by atoms with Crippen molar-refractivity contribution in [3.8, 4) is 5.75 Å². The van der Waals surface area contributed by atoms with Crippen molar-refractivity contribution < 1.29 is 9.90 Å². The zero-order valence-electron chi connectivity index (χ0n) is 11.1. The highest BCUT2D eigenvalue weighted by molar-refractivity contribution is 5.99. The van der Waals surface area contributed by atoms with Crippen LogP contribution in [0.15, 0.2) is 54.6 Å². The molecule has 0 aliphatic heterocycles. The maximum atomic E-state index is 11.4. The third-order valence-electron chi connectivity index (χ3n) is 2.87. The number of rotatable bonds is 3. The minimum Gasteiger partial charge on any atom is -0.507 e. The molecule has 0 spiro atoms. The number of allylic oxidation sites excluding steroid dienone is 1. The topological polar surface area (TPSA) is 37.3 Å². The van der Waals surface area contributed by atoms with Gasteiger partial charge in [-0.25, -0.2) is 0 Å². The Balaban J connectivity index is 2.63. The zero-order valence-corrected chi connectivity index (χ0v) is 11.1. The lowest BCUT2D eigenvalue weighted by atomic mass is 9.95. The second-order valence-electron chi connectivity index (χ2n) is 4.56. The van der Waals surface area contributed by atoms with Gasteiger partial charge in [0, 0.05) is 5.56 Å². The molecule has 2 nitrogen and oxygen atoms in total. The fourth-order valence-corrected chi connectivity index (χ4v) is 2.00. The smallest absolute Gasteiger partial charge is 0.153 e. The van der Waals surface area contributed by atoms with Crippen LogP contribution in [0.25, 0.3) is 5.57 Å². The molecule has 0 aliphatic rings. The molecule has 0 fully saturated rings. The Labute approximate surface area is 113 Å². The molecule has 0 aromatic heterocycles. The van der Waals surface area contributed by atoms with Gasteiger partial charge in [-0.15, -0.1) is 0 Å². The molecule has 2 aromatic rings. The number of ketones is 1. The largest absolute Gasteiger partial charge is 0.507 e. The molecule has 2 heteroatoms. The Kier molecular flexibility index (Phi) is 3.81. The average Bonchev–Trinajstić information content (AvgIpc) is 2.40. The number of aryl methyl sites for hydroxylation is 1. The van der Waals surface area contributed by atoms with Crippen LogP contribution in [0.4, 0.5) is 0 Å². The summed E-state index contributed by atoms with van der Waals surface area (Å²) in [6.07, 6.45) is 1.56. The number of aromatic hydroxyl groups is 1. The Hall–Kier alpha value is -2.35. The number of hydrogen-bond acceptors (Lipinski definition) is 2. The Morgan fingerprint density at radius 2 is 1.79 bits per heavy atom. The zero-order chi connectivity index (χ0) is 13.8. The van der Waals surface area contributed by atoms with Gasteiger partial charge in [-0.1, -0.05) is 42.0 Å². The van der Waals surface area contributed by atoms with Gasteiger partial charge in [0.2, 0.25) is 0 Å². The van der Waals surface area contributed by atoms with Crippen molar-refractivity contribution in [3.63, 3.8) is 0 Å². The van der Waals surface area contributed by atoms with Gasteiger partial charge in [-0.2, -0.15) is 0 Å². The van der Waals surface area contributed by atoms with Crippen molar-refractivity contribution in [3.05, 3.63) is 71.3 Å². The van der Waals surface area contributed by atoms with E-state index < -0.39 is 0 Å². The van der Waals surface area contributed by atoms with Gasteiger partial charge in [0.15, 0.2) is 5.78 Å². The standard InChI is InChI=1S/C17H16O2/c1-12-8-9-17(19)16(10-12)15(11-13(2)18)14-6-4-3-5-7-14/h3-11,19H,1-2H3. The van der Waals surface area contributed by atoms with Crippen LogP contribution in [0.1, 0.15) is 23.6 Å². The van der Waals surface area contributed by atoms with Crippen LogP contribution < -0.4 is 0 Å². The SMILES string of the molecule is CC(=O)C=C(c1ccccc1)c1cc(C)ccc1O. The summed E-state index contributed by atoms with van der Waals surface area (Å²) < 4.78 is 0. The molecule has 1 N–H and O–H groups in total. The molecule has 0 aliphatic carbocycles. The molecule has 0 unspecified atom stereocenters. The van der Waals surface area contributed by atoms with Crippen molar-refractivity contribution >= 4 is 11.4 Å². The van der Waals surface area contributed by atoms with Crippen molar-refractivity contribution in [2.75, 3.05) is 0 Å². The highest BCUT2D eigenvalue weighted by Gasteiger charge is 2.10. The second-order valence-corrected chi connectivity index (χ2v) is 4.56. The molecular weight excluding hydrogens is 236 g/mol. The predicted octanol–water partition coefficient (Wildman–Crippen LogP) is 3.72. The number of hydrogen-bond donors (Lipinski definition) is 1. The number of carbonyl (C=O) groups is 1. The lowest BCUT2D eigenvalue weighted by Crippen LogP contribution is -1.93. The molecule has 96 valence electrons. The fraction of sp³-hybridized carbons (Fsp3) is 0.118. The van der Waals surface area contributed by atoms with Crippen LogP contribution in [0.5, 0.6) is 5.75 Å². The number of phenols is 1. The fourth-order valence-electron chi connectivity index (χ4n) is 2.00.